The van der Waals surface area contributed by atoms with Gasteiger partial charge in [-0.05, 0) is 6.42 Å². The summed E-state index contributed by atoms with van der Waals surface area (Å²) in [4.78, 5) is 10.9. The number of aliphatic hydroxyl groups excluding tert-OH is 1. The quantitative estimate of drug-likeness (QED) is 0.244. The number of carbonyl (C=O) groups excluding carboxylic acids is 1. The Morgan fingerprint density at radius 2 is 2.12 bits per heavy atom. The summed E-state index contributed by atoms with van der Waals surface area (Å²) in [5.41, 5.74) is 0. The van der Waals surface area contributed by atoms with Gasteiger partial charge in [0.25, 0.3) is 0 Å². The van der Waals surface area contributed by atoms with Gasteiger partial charge in [-0.25, -0.2) is 4.79 Å². The molecule has 0 aliphatic rings. The van der Waals surface area contributed by atoms with Gasteiger partial charge >= 0.3 is 5.97 Å². The molecule has 5 heteroatoms. The molecule has 0 aromatic carbocycles. The number of esters is 1. The van der Waals surface area contributed by atoms with Crippen molar-refractivity contribution in [3.63, 3.8) is 0 Å². The fourth-order valence-corrected chi connectivity index (χ4v) is 1.35. The van der Waals surface area contributed by atoms with Gasteiger partial charge in [0.1, 0.15) is 12.6 Å². The van der Waals surface area contributed by atoms with Gasteiger partial charge in [-0.2, -0.15) is 0 Å². The molecule has 0 heterocycles. The van der Waals surface area contributed by atoms with Crippen LogP contribution < -0.4 is 12.4 Å². The van der Waals surface area contributed by atoms with Crippen molar-refractivity contribution in [2.45, 2.75) is 25.9 Å². The van der Waals surface area contributed by atoms with Crippen LogP contribution in [0.25, 0.3) is 0 Å². The van der Waals surface area contributed by atoms with Crippen molar-refractivity contribution in [3.05, 3.63) is 12.7 Å². The van der Waals surface area contributed by atoms with Crippen LogP contribution >= 0.6 is 0 Å². The molecule has 0 aliphatic heterocycles. The van der Waals surface area contributed by atoms with Crippen molar-refractivity contribution >= 4 is 5.97 Å². The van der Waals surface area contributed by atoms with Gasteiger partial charge in [-0.1, -0.05) is 19.9 Å². The van der Waals surface area contributed by atoms with Gasteiger partial charge in [0, 0.05) is 6.08 Å². The van der Waals surface area contributed by atoms with E-state index in [2.05, 4.69) is 6.58 Å². The molecular weight excluding hydrogens is 230 g/mol. The van der Waals surface area contributed by atoms with E-state index in [1.165, 1.54) is 0 Å². The first-order valence-electron chi connectivity index (χ1n) is 5.20. The zero-order valence-corrected chi connectivity index (χ0v) is 11.0. The third-order valence-corrected chi connectivity index (χ3v) is 2.05. The Hall–Kier alpha value is -0.580. The van der Waals surface area contributed by atoms with Gasteiger partial charge in [0.2, 0.25) is 6.73 Å². The average Bonchev–Trinajstić information content (AvgIpc) is 2.13. The van der Waals surface area contributed by atoms with Crippen LogP contribution in [0, 0.1) is 0 Å². The van der Waals surface area contributed by atoms with E-state index >= 15 is 0 Å². The van der Waals surface area contributed by atoms with Crippen molar-refractivity contribution in [2.75, 3.05) is 27.4 Å². The highest BCUT2D eigenvalue weighted by atomic mass is 35.5. The summed E-state index contributed by atoms with van der Waals surface area (Å²) in [5.74, 6) is -0.425. The highest BCUT2D eigenvalue weighted by molar-refractivity contribution is 5.81. The predicted molar refractivity (Wildman–Crippen MR) is 59.0 cm³/mol. The van der Waals surface area contributed by atoms with Crippen LogP contribution in [0.5, 0.6) is 0 Å². The van der Waals surface area contributed by atoms with Crippen LogP contribution in [0.1, 0.15) is 19.8 Å². The lowest BCUT2D eigenvalue weighted by Crippen LogP contribution is -3.00. The molecule has 0 bridgehead atoms. The minimum absolute atomic E-state index is 0. The molecule has 0 rings (SSSR count). The Bertz CT molecular complexity index is 219. The molecule has 1 unspecified atom stereocenters. The topological polar surface area (TPSA) is 46.5 Å². The van der Waals surface area contributed by atoms with Crippen molar-refractivity contribution in [2.24, 2.45) is 0 Å². The number of hydrogen-bond acceptors (Lipinski definition) is 3. The minimum Gasteiger partial charge on any atom is -1.00 e. The number of carbonyl (C=O) groups is 1. The van der Waals surface area contributed by atoms with Crippen molar-refractivity contribution < 1.29 is 31.5 Å². The maximum absolute atomic E-state index is 10.9. The van der Waals surface area contributed by atoms with Gasteiger partial charge in [-0.3, -0.25) is 4.48 Å². The molecule has 0 aromatic heterocycles. The summed E-state index contributed by atoms with van der Waals surface area (Å²) >= 11 is 0. The number of nitrogens with zero attached hydrogens (tertiary/aromatic N) is 1. The summed E-state index contributed by atoms with van der Waals surface area (Å²) in [6.07, 6.45) is 2.53. The van der Waals surface area contributed by atoms with Crippen LogP contribution in [-0.2, 0) is 9.53 Å². The molecule has 0 saturated heterocycles. The number of quaternary nitrogens is 1. The lowest BCUT2D eigenvalue weighted by Gasteiger charge is -2.30. The van der Waals surface area contributed by atoms with E-state index in [9.17, 15) is 9.90 Å². The second-order valence-electron chi connectivity index (χ2n) is 4.36. The number of aliphatic hydroxyl groups is 1. The van der Waals surface area contributed by atoms with Gasteiger partial charge in [0.05, 0.1) is 14.1 Å². The molecule has 4 nitrogen and oxygen atoms in total. The standard InChI is InChI=1S/C11H22NO3.ClH/c1-5-7-10(13)8-12(3,4)9-15-11(14)6-2;/h6,10,13H,2,5,7-9H2,1,3-4H3;1H/q+1;/p-1. The Morgan fingerprint density at radius 3 is 2.56 bits per heavy atom. The molecule has 1 atom stereocenters. The van der Waals surface area contributed by atoms with E-state index in [1.807, 2.05) is 21.0 Å². The summed E-state index contributed by atoms with van der Waals surface area (Å²) in [5, 5.41) is 9.63. The molecule has 0 radical (unpaired) electrons. The SMILES string of the molecule is C=CC(=O)OC[N+](C)(C)CC(O)CCC.[Cl-]. The number of likely N-dealkylation sites (N-methyl/N-ethyl adjacent to an activating group) is 1. The highest BCUT2D eigenvalue weighted by Gasteiger charge is 2.21. The zero-order chi connectivity index (χ0) is 11.9. The first-order valence-corrected chi connectivity index (χ1v) is 5.20. The molecule has 16 heavy (non-hydrogen) atoms. The third kappa shape index (κ3) is 8.71. The van der Waals surface area contributed by atoms with Crippen LogP contribution in [0.15, 0.2) is 12.7 Å². The first kappa shape index (κ1) is 17.8. The largest absolute Gasteiger partial charge is 1.00 e. The summed E-state index contributed by atoms with van der Waals surface area (Å²) in [6.45, 7) is 6.19. The van der Waals surface area contributed by atoms with E-state index in [1.54, 1.807) is 0 Å². The predicted octanol–water partition coefficient (Wildman–Crippen LogP) is -2.09. The van der Waals surface area contributed by atoms with Crippen LogP contribution in [0.4, 0.5) is 0 Å². The fourth-order valence-electron chi connectivity index (χ4n) is 1.35. The summed E-state index contributed by atoms with van der Waals surface area (Å²) in [7, 11) is 3.82. The molecule has 0 fully saturated rings. The summed E-state index contributed by atoms with van der Waals surface area (Å²) in [6, 6.07) is 0. The Balaban J connectivity index is 0. The van der Waals surface area contributed by atoms with Crippen molar-refractivity contribution in [1.29, 1.82) is 0 Å². The lowest BCUT2D eigenvalue weighted by molar-refractivity contribution is -0.910. The monoisotopic (exact) mass is 251 g/mol. The molecule has 0 amide bonds. The molecule has 96 valence electrons. The molecule has 0 spiro atoms. The average molecular weight is 252 g/mol. The first-order chi connectivity index (χ1) is 6.91. The number of ether oxygens (including phenoxy) is 1. The maximum atomic E-state index is 10.9. The Labute approximate surface area is 104 Å². The van der Waals surface area contributed by atoms with Crippen LogP contribution in [0.3, 0.4) is 0 Å². The second-order valence-corrected chi connectivity index (χ2v) is 4.36. The molecule has 1 N–H and O–H groups in total. The Morgan fingerprint density at radius 1 is 1.56 bits per heavy atom. The normalized spacial score (nSPS) is 12.5. The van der Waals surface area contributed by atoms with Gasteiger partial charge in [-0.15, -0.1) is 0 Å². The van der Waals surface area contributed by atoms with Crippen molar-refractivity contribution in [3.8, 4) is 0 Å². The van der Waals surface area contributed by atoms with E-state index in [-0.39, 0.29) is 25.2 Å². The molecule has 0 aromatic rings. The summed E-state index contributed by atoms with van der Waals surface area (Å²) < 4.78 is 5.40. The van der Waals surface area contributed by atoms with E-state index < -0.39 is 5.97 Å². The number of rotatable bonds is 7. The minimum atomic E-state index is -0.425. The number of hydrogen-bond donors (Lipinski definition) is 1. The van der Waals surface area contributed by atoms with E-state index in [4.69, 9.17) is 4.74 Å². The maximum Gasteiger partial charge on any atom is 0.334 e. The van der Waals surface area contributed by atoms with Gasteiger partial charge in [0.15, 0.2) is 0 Å². The number of halogens is 1. The fraction of sp³-hybridized carbons (Fsp3) is 0.727. The third-order valence-electron chi connectivity index (χ3n) is 2.05. The Kier molecular flexibility index (Phi) is 9.52. The smallest absolute Gasteiger partial charge is 0.334 e. The molecular formula is C11H22ClNO3. The molecule has 0 saturated carbocycles. The molecule has 0 aliphatic carbocycles. The van der Waals surface area contributed by atoms with Crippen LogP contribution in [-0.4, -0.2) is 49.0 Å². The zero-order valence-electron chi connectivity index (χ0n) is 10.3. The van der Waals surface area contributed by atoms with E-state index in [0.717, 1.165) is 18.9 Å². The highest BCUT2D eigenvalue weighted by Crippen LogP contribution is 2.05. The second kappa shape index (κ2) is 8.56. The van der Waals surface area contributed by atoms with Gasteiger partial charge < -0.3 is 22.3 Å². The van der Waals surface area contributed by atoms with E-state index in [0.29, 0.717) is 11.0 Å². The van der Waals surface area contributed by atoms with Crippen LogP contribution in [0.2, 0.25) is 0 Å². The lowest BCUT2D eigenvalue weighted by atomic mass is 10.2. The van der Waals surface area contributed by atoms with Crippen molar-refractivity contribution in [1.82, 2.24) is 0 Å².